The zero-order valence-electron chi connectivity index (χ0n) is 57.2. The molecule has 0 atom stereocenters. The molecule has 22 rings (SSSR count). The number of anilines is 6. The predicted molar refractivity (Wildman–Crippen MR) is 442 cm³/mol. The molecule has 0 aliphatic heterocycles. The van der Waals surface area contributed by atoms with Crippen LogP contribution >= 0.6 is 0 Å². The van der Waals surface area contributed by atoms with Gasteiger partial charge in [-0.3, -0.25) is 0 Å². The van der Waals surface area contributed by atoms with Crippen LogP contribution in [0, 0.1) is 0 Å². The maximum atomic E-state index is 7.24. The lowest BCUT2D eigenvalue weighted by Gasteiger charge is -2.31. The highest BCUT2D eigenvalue weighted by Gasteiger charge is 2.29. The number of rotatable bonds is 11. The van der Waals surface area contributed by atoms with Crippen molar-refractivity contribution < 1.29 is 17.7 Å². The second kappa shape index (κ2) is 23.7. The summed E-state index contributed by atoms with van der Waals surface area (Å²) >= 11 is 0. The van der Waals surface area contributed by atoms with Gasteiger partial charge >= 0.3 is 0 Å². The number of hydrogen-bond donors (Lipinski definition) is 0. The maximum Gasteiger partial charge on any atom is 0.143 e. The van der Waals surface area contributed by atoms with E-state index in [1.807, 2.05) is 30.3 Å². The van der Waals surface area contributed by atoms with Crippen LogP contribution in [0.1, 0.15) is 0 Å². The Hall–Kier alpha value is -14.2. The number of benzene rings is 18. The molecule has 6 nitrogen and oxygen atoms in total. The van der Waals surface area contributed by atoms with Crippen molar-refractivity contribution in [3.63, 3.8) is 0 Å². The van der Waals surface area contributed by atoms with Crippen LogP contribution in [0.3, 0.4) is 0 Å². The molecule has 0 unspecified atom stereocenters. The number of furan rings is 4. The third kappa shape index (κ3) is 9.24. The largest absolute Gasteiger partial charge is 0.456 e. The van der Waals surface area contributed by atoms with Crippen LogP contribution in [0.25, 0.3) is 186 Å². The summed E-state index contributed by atoms with van der Waals surface area (Å²) in [6, 6.07) is 131. The zero-order valence-corrected chi connectivity index (χ0v) is 57.2. The lowest BCUT2D eigenvalue weighted by molar-refractivity contribution is 0.668. The average Bonchev–Trinajstić information content (AvgIpc) is 0.799. The Morgan fingerprint density at radius 2 is 0.547 bits per heavy atom. The minimum atomic E-state index is 0.787. The van der Waals surface area contributed by atoms with Crippen molar-refractivity contribution >= 4 is 165 Å². The van der Waals surface area contributed by atoms with Crippen molar-refractivity contribution in [2.24, 2.45) is 0 Å². The maximum absolute atomic E-state index is 7.24. The van der Waals surface area contributed by atoms with Crippen molar-refractivity contribution in [3.05, 3.63) is 364 Å². The van der Waals surface area contributed by atoms with Crippen LogP contribution in [-0.4, -0.2) is 0 Å². The first-order chi connectivity index (χ1) is 52.6. The van der Waals surface area contributed by atoms with Gasteiger partial charge in [-0.15, -0.1) is 0 Å². The molecule has 0 aliphatic carbocycles. The Morgan fingerprint density at radius 3 is 1.14 bits per heavy atom. The van der Waals surface area contributed by atoms with Crippen LogP contribution in [-0.2, 0) is 0 Å². The molecule has 6 heteroatoms. The summed E-state index contributed by atoms with van der Waals surface area (Å²) in [5.41, 5.74) is 23.6. The van der Waals surface area contributed by atoms with Gasteiger partial charge in [-0.2, -0.15) is 0 Å². The van der Waals surface area contributed by atoms with Crippen LogP contribution in [0.15, 0.2) is 382 Å². The molecular formula is C100H60N2O4. The fourth-order valence-corrected chi connectivity index (χ4v) is 17.1. The van der Waals surface area contributed by atoms with Gasteiger partial charge in [0.25, 0.3) is 0 Å². The highest BCUT2D eigenvalue weighted by atomic mass is 16.3. The summed E-state index contributed by atoms with van der Waals surface area (Å²) in [5.74, 6) is 0. The van der Waals surface area contributed by atoms with Crippen molar-refractivity contribution in [1.29, 1.82) is 0 Å². The Bertz CT molecular complexity index is 7340. The minimum absolute atomic E-state index is 0.787. The van der Waals surface area contributed by atoms with E-state index in [0.29, 0.717) is 0 Å². The minimum Gasteiger partial charge on any atom is -0.456 e. The first kappa shape index (κ1) is 59.5. The van der Waals surface area contributed by atoms with E-state index in [0.717, 1.165) is 199 Å². The van der Waals surface area contributed by atoms with Gasteiger partial charge < -0.3 is 27.5 Å². The first-order valence-electron chi connectivity index (χ1n) is 36.1. The summed E-state index contributed by atoms with van der Waals surface area (Å²) in [7, 11) is 0. The first-order valence-corrected chi connectivity index (χ1v) is 36.1. The van der Waals surface area contributed by atoms with E-state index in [9.17, 15) is 0 Å². The van der Waals surface area contributed by atoms with Gasteiger partial charge in [-0.1, -0.05) is 273 Å². The van der Waals surface area contributed by atoms with Crippen LogP contribution in [0.4, 0.5) is 34.1 Å². The molecule has 0 radical (unpaired) electrons. The molecule has 0 N–H and O–H groups in total. The quantitative estimate of drug-likeness (QED) is 0.120. The van der Waals surface area contributed by atoms with Gasteiger partial charge in [0.05, 0.1) is 22.4 Å². The van der Waals surface area contributed by atoms with Gasteiger partial charge in [0, 0.05) is 93.9 Å². The van der Waals surface area contributed by atoms with E-state index in [4.69, 9.17) is 17.7 Å². The standard InChI is InChI=1S/C100H60N2O4/c1-2-22-63(23-3-1)94-80-32-8-4-26-72(80)74-28-6-10-34-82(74)97(94)101(67-51-46-61(47-52-67)70-37-19-39-84-76-30-12-15-42-88(76)105-99(70)84)69-55-57-79-78-56-50-65(59-92(78)104-93(79)60-69)64-24-18-25-66(58-64)95-81-33-9-5-27-73(81)75-29-7-11-35-83(75)98(95)102(87-41-21-45-91-96(87)86-36-14-17-44-90(86)103-91)68-53-48-62(49-54-68)71-38-20-40-85-77-31-13-16-43-89(77)106-100(71)85/h1-60H. The van der Waals surface area contributed by atoms with Gasteiger partial charge in [0.1, 0.15) is 44.7 Å². The normalized spacial score (nSPS) is 12.0. The highest BCUT2D eigenvalue weighted by Crippen LogP contribution is 2.55. The molecule has 0 aliphatic rings. The second-order valence-corrected chi connectivity index (χ2v) is 27.6. The highest BCUT2D eigenvalue weighted by molar-refractivity contribution is 6.26. The van der Waals surface area contributed by atoms with Gasteiger partial charge in [-0.05, 0) is 151 Å². The van der Waals surface area contributed by atoms with E-state index in [1.165, 1.54) is 21.5 Å². The molecule has 22 aromatic rings. The summed E-state index contributed by atoms with van der Waals surface area (Å²) in [6.45, 7) is 0. The molecular weight excluding hydrogens is 1290 g/mol. The fraction of sp³-hybridized carbons (Fsp3) is 0. The number of hydrogen-bond acceptors (Lipinski definition) is 6. The fourth-order valence-electron chi connectivity index (χ4n) is 17.1. The van der Waals surface area contributed by atoms with E-state index in [2.05, 4.69) is 343 Å². The smallest absolute Gasteiger partial charge is 0.143 e. The lowest BCUT2D eigenvalue weighted by Crippen LogP contribution is -2.13. The number of nitrogens with zero attached hydrogens (tertiary/aromatic N) is 2. The number of para-hydroxylation sites is 5. The Morgan fingerprint density at radius 1 is 0.179 bits per heavy atom. The summed E-state index contributed by atoms with van der Waals surface area (Å²) in [6.07, 6.45) is 0. The zero-order chi connectivity index (χ0) is 69.5. The number of fused-ring (bicyclic) bond motifs is 18. The van der Waals surface area contributed by atoms with Crippen molar-refractivity contribution in [2.75, 3.05) is 9.80 Å². The van der Waals surface area contributed by atoms with E-state index in [-0.39, 0.29) is 0 Å². The summed E-state index contributed by atoms with van der Waals surface area (Å²) in [5, 5.41) is 17.8. The third-order valence-electron chi connectivity index (χ3n) is 21.8. The van der Waals surface area contributed by atoms with Crippen molar-refractivity contribution in [1.82, 2.24) is 0 Å². The van der Waals surface area contributed by atoms with Crippen molar-refractivity contribution in [3.8, 4) is 55.6 Å². The Kier molecular flexibility index (Phi) is 13.3. The van der Waals surface area contributed by atoms with E-state index >= 15 is 0 Å². The molecule has 0 amide bonds. The third-order valence-corrected chi connectivity index (χ3v) is 21.8. The monoisotopic (exact) mass is 1350 g/mol. The molecule has 4 aromatic heterocycles. The molecule has 0 fully saturated rings. The molecule has 0 bridgehead atoms. The Labute approximate surface area is 608 Å². The molecule has 0 saturated carbocycles. The van der Waals surface area contributed by atoms with Gasteiger partial charge in [0.15, 0.2) is 0 Å². The lowest BCUT2D eigenvalue weighted by atomic mass is 9.88. The molecule has 0 spiro atoms. The average molecular weight is 1350 g/mol. The van der Waals surface area contributed by atoms with Crippen LogP contribution in [0.2, 0.25) is 0 Å². The Balaban J connectivity index is 0.708. The molecule has 4 heterocycles. The van der Waals surface area contributed by atoms with E-state index in [1.54, 1.807) is 0 Å². The molecule has 0 saturated heterocycles. The van der Waals surface area contributed by atoms with E-state index < -0.39 is 0 Å². The van der Waals surface area contributed by atoms with Crippen LogP contribution < -0.4 is 9.80 Å². The van der Waals surface area contributed by atoms with Gasteiger partial charge in [0.2, 0.25) is 0 Å². The summed E-state index contributed by atoms with van der Waals surface area (Å²) < 4.78 is 27.2. The second-order valence-electron chi connectivity index (χ2n) is 27.6. The van der Waals surface area contributed by atoms with Crippen molar-refractivity contribution in [2.45, 2.75) is 0 Å². The SMILES string of the molecule is c1ccc(-c2c(N(c3ccc(-c4cccc5c4oc4ccccc45)cc3)c3ccc4c(c3)oc3cc(-c5cccc(-c6c(N(c7ccc(-c8cccc9c8oc8ccccc89)cc7)c7cccc8oc9ccccc9c78)c7ccccc7c7ccccc67)c5)ccc34)c3ccccc3c3ccccc23)cc1. The molecule has 106 heavy (non-hydrogen) atoms. The molecule has 494 valence electrons. The predicted octanol–water partition coefficient (Wildman–Crippen LogP) is 29.2. The van der Waals surface area contributed by atoms with Gasteiger partial charge in [-0.25, -0.2) is 0 Å². The topological polar surface area (TPSA) is 59.0 Å². The molecule has 18 aromatic carbocycles. The van der Waals surface area contributed by atoms with Crippen LogP contribution in [0.5, 0.6) is 0 Å². The summed E-state index contributed by atoms with van der Waals surface area (Å²) in [4.78, 5) is 4.92.